The van der Waals surface area contributed by atoms with Gasteiger partial charge in [0.25, 0.3) is 0 Å². The first-order valence-corrected chi connectivity index (χ1v) is 7.87. The topological polar surface area (TPSA) is 102 Å². The Morgan fingerprint density at radius 2 is 1.92 bits per heavy atom. The zero-order valence-corrected chi connectivity index (χ0v) is 14.1. The number of nitrogens with one attached hydrogen (secondary N) is 2. The van der Waals surface area contributed by atoms with Crippen molar-refractivity contribution in [2.24, 2.45) is 5.41 Å². The summed E-state index contributed by atoms with van der Waals surface area (Å²) in [5.74, 6) is 0.691. The Morgan fingerprint density at radius 3 is 2.58 bits per heavy atom. The van der Waals surface area contributed by atoms with E-state index in [9.17, 15) is 4.79 Å². The van der Waals surface area contributed by atoms with Crippen LogP contribution in [-0.2, 0) is 6.54 Å². The van der Waals surface area contributed by atoms with Crippen molar-refractivity contribution in [3.8, 4) is 0 Å². The predicted octanol–water partition coefficient (Wildman–Crippen LogP) is 2.21. The van der Waals surface area contributed by atoms with Crippen LogP contribution in [0.4, 0.5) is 11.8 Å². The molecule has 7 nitrogen and oxygen atoms in total. The summed E-state index contributed by atoms with van der Waals surface area (Å²) in [5.41, 5.74) is 7.82. The van der Waals surface area contributed by atoms with E-state index in [0.29, 0.717) is 30.2 Å². The van der Waals surface area contributed by atoms with Crippen molar-refractivity contribution in [1.82, 2.24) is 19.5 Å². The molecular formula is C17H22N6O. The summed E-state index contributed by atoms with van der Waals surface area (Å²) in [4.78, 5) is 23.8. The number of hydrogen-bond acceptors (Lipinski definition) is 5. The van der Waals surface area contributed by atoms with E-state index in [2.05, 4.69) is 41.0 Å². The predicted molar refractivity (Wildman–Crippen MR) is 96.0 cm³/mol. The number of rotatable bonds is 4. The average molecular weight is 326 g/mol. The molecule has 0 unspecified atom stereocenters. The molecule has 2 heterocycles. The monoisotopic (exact) mass is 326 g/mol. The molecule has 3 aromatic rings. The fourth-order valence-corrected chi connectivity index (χ4v) is 2.39. The van der Waals surface area contributed by atoms with E-state index in [1.54, 1.807) is 4.57 Å². The van der Waals surface area contributed by atoms with Crippen molar-refractivity contribution in [3.05, 3.63) is 46.4 Å². The third kappa shape index (κ3) is 3.40. The smallest absolute Gasteiger partial charge is 0.328 e. The Labute approximate surface area is 139 Å². The molecule has 24 heavy (non-hydrogen) atoms. The summed E-state index contributed by atoms with van der Waals surface area (Å²) >= 11 is 0. The first-order valence-electron chi connectivity index (χ1n) is 7.87. The Balaban J connectivity index is 2.01. The van der Waals surface area contributed by atoms with Crippen LogP contribution in [0.25, 0.3) is 11.2 Å². The Hall–Kier alpha value is -2.83. The summed E-state index contributed by atoms with van der Waals surface area (Å²) in [6.45, 7) is 7.47. The van der Waals surface area contributed by atoms with Crippen LogP contribution in [0, 0.1) is 5.41 Å². The molecule has 0 radical (unpaired) electrons. The molecule has 4 N–H and O–H groups in total. The fourth-order valence-electron chi connectivity index (χ4n) is 2.39. The zero-order chi connectivity index (χ0) is 17.3. The number of imidazole rings is 1. The van der Waals surface area contributed by atoms with Gasteiger partial charge in [0, 0.05) is 6.54 Å². The lowest BCUT2D eigenvalue weighted by Gasteiger charge is -2.18. The lowest BCUT2D eigenvalue weighted by atomic mass is 9.97. The van der Waals surface area contributed by atoms with E-state index >= 15 is 0 Å². The number of anilines is 2. The van der Waals surface area contributed by atoms with Crippen LogP contribution < -0.4 is 16.7 Å². The van der Waals surface area contributed by atoms with Gasteiger partial charge in [-0.1, -0.05) is 51.1 Å². The number of H-pyrrole nitrogens is 1. The maximum absolute atomic E-state index is 12.3. The van der Waals surface area contributed by atoms with Gasteiger partial charge in [-0.25, -0.2) is 4.79 Å². The molecule has 0 atom stereocenters. The molecule has 2 aromatic heterocycles. The average Bonchev–Trinajstić information content (AvgIpc) is 2.83. The lowest BCUT2D eigenvalue weighted by molar-refractivity contribution is 0.442. The highest BCUT2D eigenvalue weighted by molar-refractivity contribution is 5.82. The van der Waals surface area contributed by atoms with Crippen molar-refractivity contribution in [1.29, 1.82) is 0 Å². The summed E-state index contributed by atoms with van der Waals surface area (Å²) in [5, 5.41) is 3.19. The molecule has 3 rings (SSSR count). The van der Waals surface area contributed by atoms with Crippen LogP contribution in [0.1, 0.15) is 26.3 Å². The molecule has 0 fully saturated rings. The van der Waals surface area contributed by atoms with Gasteiger partial charge in [0.1, 0.15) is 5.52 Å². The molecule has 0 aliphatic carbocycles. The highest BCUT2D eigenvalue weighted by Gasteiger charge is 2.16. The van der Waals surface area contributed by atoms with Gasteiger partial charge < -0.3 is 16.0 Å². The third-order valence-electron chi connectivity index (χ3n) is 3.61. The van der Waals surface area contributed by atoms with E-state index in [4.69, 9.17) is 5.73 Å². The van der Waals surface area contributed by atoms with Crippen molar-refractivity contribution in [2.75, 3.05) is 17.6 Å². The molecule has 0 amide bonds. The quantitative estimate of drug-likeness (QED) is 0.682. The standard InChI is InChI=1S/C17H22N6O/c1-17(2,3)10-19-15-21-13(18)12-14(22-15)23(16(24)20-12)9-11-7-5-4-6-8-11/h4-8H,9-10H2,1-3H3,(H,20,24)(H3,18,19,21,22). The normalized spacial score (nSPS) is 11.8. The van der Waals surface area contributed by atoms with Crippen molar-refractivity contribution in [2.45, 2.75) is 27.3 Å². The van der Waals surface area contributed by atoms with E-state index in [1.807, 2.05) is 30.3 Å². The van der Waals surface area contributed by atoms with Gasteiger partial charge in [0.05, 0.1) is 6.54 Å². The maximum Gasteiger partial charge on any atom is 0.328 e. The van der Waals surface area contributed by atoms with E-state index in [1.165, 1.54) is 0 Å². The summed E-state index contributed by atoms with van der Waals surface area (Å²) in [6, 6.07) is 9.75. The molecule has 0 saturated heterocycles. The molecule has 0 aliphatic rings. The second-order valence-corrected chi connectivity index (χ2v) is 7.05. The summed E-state index contributed by atoms with van der Waals surface area (Å²) < 4.78 is 1.57. The van der Waals surface area contributed by atoms with Crippen LogP contribution >= 0.6 is 0 Å². The van der Waals surface area contributed by atoms with Crippen LogP contribution in [-0.4, -0.2) is 26.1 Å². The fraction of sp³-hybridized carbons (Fsp3) is 0.353. The van der Waals surface area contributed by atoms with Crippen LogP contribution in [0.2, 0.25) is 0 Å². The van der Waals surface area contributed by atoms with Crippen LogP contribution in [0.15, 0.2) is 35.1 Å². The summed E-state index contributed by atoms with van der Waals surface area (Å²) in [7, 11) is 0. The number of nitrogens with zero attached hydrogens (tertiary/aromatic N) is 3. The van der Waals surface area contributed by atoms with E-state index in [0.717, 1.165) is 5.56 Å². The van der Waals surface area contributed by atoms with Crippen LogP contribution in [0.5, 0.6) is 0 Å². The van der Waals surface area contributed by atoms with Crippen molar-refractivity contribution in [3.63, 3.8) is 0 Å². The second-order valence-electron chi connectivity index (χ2n) is 7.05. The molecule has 1 aromatic carbocycles. The highest BCUT2D eigenvalue weighted by atomic mass is 16.1. The number of aromatic nitrogens is 4. The second kappa shape index (κ2) is 5.99. The number of hydrogen-bond donors (Lipinski definition) is 3. The molecule has 126 valence electrons. The number of aromatic amines is 1. The Morgan fingerprint density at radius 1 is 1.21 bits per heavy atom. The first kappa shape index (κ1) is 16.0. The van der Waals surface area contributed by atoms with Gasteiger partial charge >= 0.3 is 5.69 Å². The number of nitrogen functional groups attached to an aromatic ring is 1. The van der Waals surface area contributed by atoms with Crippen molar-refractivity contribution >= 4 is 22.9 Å². The van der Waals surface area contributed by atoms with Gasteiger partial charge in [-0.2, -0.15) is 9.97 Å². The Kier molecular flexibility index (Phi) is 4.01. The van der Waals surface area contributed by atoms with Crippen LogP contribution in [0.3, 0.4) is 0 Å². The molecule has 0 bridgehead atoms. The van der Waals surface area contributed by atoms with Gasteiger partial charge in [0.15, 0.2) is 11.5 Å². The first-order chi connectivity index (χ1) is 11.3. The van der Waals surface area contributed by atoms with Gasteiger partial charge in [-0.05, 0) is 11.0 Å². The zero-order valence-electron chi connectivity index (χ0n) is 14.1. The van der Waals surface area contributed by atoms with E-state index in [-0.39, 0.29) is 16.9 Å². The molecule has 0 aliphatic heterocycles. The maximum atomic E-state index is 12.3. The molecular weight excluding hydrogens is 304 g/mol. The molecule has 7 heteroatoms. The van der Waals surface area contributed by atoms with Gasteiger partial charge in [-0.3, -0.25) is 4.57 Å². The largest absolute Gasteiger partial charge is 0.382 e. The van der Waals surface area contributed by atoms with Gasteiger partial charge in [0.2, 0.25) is 5.95 Å². The number of nitrogens with two attached hydrogens (primary N) is 1. The number of fused-ring (bicyclic) bond motifs is 1. The minimum absolute atomic E-state index is 0.0783. The SMILES string of the molecule is CC(C)(C)CNc1nc(N)c2[nH]c(=O)n(Cc3ccccc3)c2n1. The van der Waals surface area contributed by atoms with Gasteiger partial charge in [-0.15, -0.1) is 0 Å². The third-order valence-corrected chi connectivity index (χ3v) is 3.61. The lowest BCUT2D eigenvalue weighted by Crippen LogP contribution is -2.21. The molecule has 0 saturated carbocycles. The van der Waals surface area contributed by atoms with E-state index < -0.39 is 0 Å². The minimum atomic E-state index is -0.247. The van der Waals surface area contributed by atoms with Crippen molar-refractivity contribution < 1.29 is 0 Å². The minimum Gasteiger partial charge on any atom is -0.382 e. The number of benzene rings is 1. The summed E-state index contributed by atoms with van der Waals surface area (Å²) in [6.07, 6.45) is 0. The highest BCUT2D eigenvalue weighted by Crippen LogP contribution is 2.19. The molecule has 0 spiro atoms. The Bertz CT molecular complexity index is 904.